The maximum Gasteiger partial charge on any atom is 0.201 e. The Morgan fingerprint density at radius 3 is 2.32 bits per heavy atom. The van der Waals surface area contributed by atoms with Crippen LogP contribution in [0.15, 0.2) is 47.6 Å². The predicted molar refractivity (Wildman–Crippen MR) is 75.4 cm³/mol. The zero-order chi connectivity index (χ0) is 13.9. The van der Waals surface area contributed by atoms with Gasteiger partial charge in [0.1, 0.15) is 0 Å². The summed E-state index contributed by atoms with van der Waals surface area (Å²) in [6.45, 7) is 2.06. The van der Waals surface area contributed by atoms with Crippen molar-refractivity contribution in [1.29, 1.82) is 0 Å². The second-order valence-corrected chi connectivity index (χ2v) is 6.23. The third kappa shape index (κ3) is 3.12. The topological polar surface area (TPSA) is 73.0 Å². The molecule has 4 nitrogen and oxygen atoms in total. The van der Waals surface area contributed by atoms with Gasteiger partial charge in [0.15, 0.2) is 5.03 Å². The molecule has 19 heavy (non-hydrogen) atoms. The number of nitrogens with two attached hydrogens (primary N) is 1. The number of nitrogens with zero attached hydrogens (tertiary/aromatic N) is 1. The highest BCUT2D eigenvalue weighted by molar-refractivity contribution is 7.90. The van der Waals surface area contributed by atoms with Crippen LogP contribution in [0.4, 0.5) is 5.69 Å². The van der Waals surface area contributed by atoms with Gasteiger partial charge in [0.25, 0.3) is 0 Å². The summed E-state index contributed by atoms with van der Waals surface area (Å²) in [6, 6.07) is 10.7. The van der Waals surface area contributed by atoms with Crippen LogP contribution in [0.3, 0.4) is 0 Å². The van der Waals surface area contributed by atoms with Crippen LogP contribution in [0.2, 0.25) is 0 Å². The normalized spacial score (nSPS) is 11.4. The first kappa shape index (κ1) is 13.5. The average molecular weight is 276 g/mol. The van der Waals surface area contributed by atoms with E-state index in [1.807, 2.05) is 24.3 Å². The van der Waals surface area contributed by atoms with Crippen molar-refractivity contribution in [3.05, 3.63) is 53.7 Å². The monoisotopic (exact) mass is 276 g/mol. The van der Waals surface area contributed by atoms with E-state index in [1.165, 1.54) is 11.8 Å². The average Bonchev–Trinajstić information content (AvgIpc) is 2.39. The second kappa shape index (κ2) is 5.40. The molecule has 0 unspecified atom stereocenters. The first-order valence-electron chi connectivity index (χ1n) is 6.04. The van der Waals surface area contributed by atoms with Gasteiger partial charge in [-0.05, 0) is 29.7 Å². The molecule has 1 heterocycles. The Morgan fingerprint density at radius 1 is 1.11 bits per heavy atom. The summed E-state index contributed by atoms with van der Waals surface area (Å²) in [5.74, 6) is -0.0851. The standard InChI is InChI=1S/C14H16N2O2S/c1-2-11-5-7-12(8-6-11)10-19(17,18)14-13(15)4-3-9-16-14/h3-9H,2,10,15H2,1H3. The first-order chi connectivity index (χ1) is 9.03. The van der Waals surface area contributed by atoms with Crippen molar-refractivity contribution in [3.63, 3.8) is 0 Å². The molecule has 0 aliphatic carbocycles. The van der Waals surface area contributed by atoms with Gasteiger partial charge in [-0.3, -0.25) is 0 Å². The Kier molecular flexibility index (Phi) is 3.85. The third-order valence-electron chi connectivity index (χ3n) is 2.88. The van der Waals surface area contributed by atoms with Gasteiger partial charge in [0.05, 0.1) is 11.4 Å². The number of nitrogen functional groups attached to an aromatic ring is 1. The lowest BCUT2D eigenvalue weighted by Gasteiger charge is -2.06. The van der Waals surface area contributed by atoms with Gasteiger partial charge in [-0.25, -0.2) is 13.4 Å². The molecule has 0 aliphatic rings. The minimum absolute atomic E-state index is 0.0467. The summed E-state index contributed by atoms with van der Waals surface area (Å²) in [7, 11) is -3.50. The lowest BCUT2D eigenvalue weighted by Crippen LogP contribution is -2.09. The van der Waals surface area contributed by atoms with Crippen molar-refractivity contribution in [2.45, 2.75) is 24.1 Å². The lowest BCUT2D eigenvalue weighted by atomic mass is 10.1. The summed E-state index contributed by atoms with van der Waals surface area (Å²) in [6.07, 6.45) is 2.36. The van der Waals surface area contributed by atoms with Gasteiger partial charge in [-0.1, -0.05) is 31.2 Å². The number of hydrogen-bond acceptors (Lipinski definition) is 4. The van der Waals surface area contributed by atoms with Crippen LogP contribution in [-0.4, -0.2) is 13.4 Å². The molecular formula is C14H16N2O2S. The molecule has 5 heteroatoms. The van der Waals surface area contributed by atoms with Crippen LogP contribution >= 0.6 is 0 Å². The fourth-order valence-electron chi connectivity index (χ4n) is 1.82. The number of pyridine rings is 1. The summed E-state index contributed by atoms with van der Waals surface area (Å²) >= 11 is 0. The van der Waals surface area contributed by atoms with E-state index in [2.05, 4.69) is 11.9 Å². The summed E-state index contributed by atoms with van der Waals surface area (Å²) in [4.78, 5) is 3.87. The fraction of sp³-hybridized carbons (Fsp3) is 0.214. The number of aryl methyl sites for hydroxylation is 1. The zero-order valence-corrected chi connectivity index (χ0v) is 11.5. The number of benzene rings is 1. The van der Waals surface area contributed by atoms with Crippen molar-refractivity contribution >= 4 is 15.5 Å². The van der Waals surface area contributed by atoms with E-state index >= 15 is 0 Å². The summed E-state index contributed by atoms with van der Waals surface area (Å²) in [5, 5.41) is -0.0467. The molecule has 0 radical (unpaired) electrons. The number of aromatic nitrogens is 1. The van der Waals surface area contributed by atoms with Gasteiger partial charge in [-0.15, -0.1) is 0 Å². The molecule has 2 N–H and O–H groups in total. The number of anilines is 1. The lowest BCUT2D eigenvalue weighted by molar-refractivity contribution is 0.592. The van der Waals surface area contributed by atoms with Crippen molar-refractivity contribution in [2.75, 3.05) is 5.73 Å². The van der Waals surface area contributed by atoms with E-state index in [9.17, 15) is 8.42 Å². The Hall–Kier alpha value is -1.88. The van der Waals surface area contributed by atoms with E-state index in [4.69, 9.17) is 5.73 Å². The largest absolute Gasteiger partial charge is 0.396 e. The van der Waals surface area contributed by atoms with Crippen LogP contribution in [0.5, 0.6) is 0 Å². The van der Waals surface area contributed by atoms with Gasteiger partial charge in [-0.2, -0.15) is 0 Å². The van der Waals surface area contributed by atoms with Crippen molar-refractivity contribution in [1.82, 2.24) is 4.98 Å². The SMILES string of the molecule is CCc1ccc(CS(=O)(=O)c2ncccc2N)cc1. The molecule has 0 bridgehead atoms. The van der Waals surface area contributed by atoms with Crippen LogP contribution < -0.4 is 5.73 Å². The fourth-order valence-corrected chi connectivity index (χ4v) is 3.24. The molecule has 2 rings (SSSR count). The van der Waals surface area contributed by atoms with E-state index in [0.29, 0.717) is 0 Å². The van der Waals surface area contributed by atoms with Gasteiger partial charge >= 0.3 is 0 Å². The highest BCUT2D eigenvalue weighted by Crippen LogP contribution is 2.19. The Balaban J connectivity index is 2.28. The van der Waals surface area contributed by atoms with E-state index in [0.717, 1.165) is 12.0 Å². The third-order valence-corrected chi connectivity index (χ3v) is 4.53. The van der Waals surface area contributed by atoms with Gasteiger partial charge < -0.3 is 5.73 Å². The van der Waals surface area contributed by atoms with Gasteiger partial charge in [0, 0.05) is 6.20 Å². The second-order valence-electron chi connectivity index (χ2n) is 4.33. The minimum atomic E-state index is -3.50. The van der Waals surface area contributed by atoms with Crippen LogP contribution in [-0.2, 0) is 22.0 Å². The molecule has 2 aromatic rings. The summed E-state index contributed by atoms with van der Waals surface area (Å²) < 4.78 is 24.5. The number of hydrogen-bond donors (Lipinski definition) is 1. The molecule has 0 spiro atoms. The Labute approximate surface area is 113 Å². The maximum absolute atomic E-state index is 12.2. The molecule has 0 atom stereocenters. The molecule has 0 amide bonds. The predicted octanol–water partition coefficient (Wildman–Crippen LogP) is 2.20. The Morgan fingerprint density at radius 2 is 1.74 bits per heavy atom. The first-order valence-corrected chi connectivity index (χ1v) is 7.69. The number of sulfone groups is 1. The van der Waals surface area contributed by atoms with E-state index in [-0.39, 0.29) is 16.5 Å². The smallest absolute Gasteiger partial charge is 0.201 e. The molecule has 0 fully saturated rings. The summed E-state index contributed by atoms with van der Waals surface area (Å²) in [5.41, 5.74) is 7.77. The van der Waals surface area contributed by atoms with Crippen LogP contribution in [0.25, 0.3) is 0 Å². The van der Waals surface area contributed by atoms with Crippen LogP contribution in [0, 0.1) is 0 Å². The van der Waals surface area contributed by atoms with Crippen molar-refractivity contribution < 1.29 is 8.42 Å². The van der Waals surface area contributed by atoms with E-state index < -0.39 is 9.84 Å². The highest BCUT2D eigenvalue weighted by atomic mass is 32.2. The molecule has 0 saturated carbocycles. The molecule has 100 valence electrons. The molecule has 0 aliphatic heterocycles. The van der Waals surface area contributed by atoms with Gasteiger partial charge in [0.2, 0.25) is 9.84 Å². The maximum atomic E-state index is 12.2. The number of rotatable bonds is 4. The zero-order valence-electron chi connectivity index (χ0n) is 10.7. The molecule has 1 aromatic heterocycles. The molecule has 0 saturated heterocycles. The quantitative estimate of drug-likeness (QED) is 0.929. The van der Waals surface area contributed by atoms with Crippen molar-refractivity contribution in [2.24, 2.45) is 0 Å². The molecular weight excluding hydrogens is 260 g/mol. The van der Waals surface area contributed by atoms with E-state index in [1.54, 1.807) is 12.1 Å². The van der Waals surface area contributed by atoms with Crippen molar-refractivity contribution in [3.8, 4) is 0 Å². The highest BCUT2D eigenvalue weighted by Gasteiger charge is 2.19. The molecule has 1 aromatic carbocycles. The van der Waals surface area contributed by atoms with Crippen LogP contribution in [0.1, 0.15) is 18.1 Å². The Bertz CT molecular complexity index is 664. The minimum Gasteiger partial charge on any atom is -0.396 e.